The molecule has 0 aliphatic heterocycles. The number of anilines is 1. The highest BCUT2D eigenvalue weighted by Crippen LogP contribution is 2.15. The molecule has 14 heavy (non-hydrogen) atoms. The summed E-state index contributed by atoms with van der Waals surface area (Å²) in [6.45, 7) is 4.88. The van der Waals surface area contributed by atoms with Gasteiger partial charge in [-0.05, 0) is 38.1 Å². The third kappa shape index (κ3) is 2.57. The number of nitrogens with zero attached hydrogens (tertiary/aromatic N) is 1. The van der Waals surface area contributed by atoms with E-state index in [0.29, 0.717) is 5.82 Å². The molecule has 3 nitrogen and oxygen atoms in total. The third-order valence-electron chi connectivity index (χ3n) is 2.08. The summed E-state index contributed by atoms with van der Waals surface area (Å²) in [5.41, 5.74) is 8.95. The van der Waals surface area contributed by atoms with Gasteiger partial charge in [-0.1, -0.05) is 12.2 Å². The van der Waals surface area contributed by atoms with Crippen molar-refractivity contribution < 1.29 is 0 Å². The Morgan fingerprint density at radius 1 is 1.50 bits per heavy atom. The van der Waals surface area contributed by atoms with Crippen LogP contribution in [0.1, 0.15) is 16.8 Å². The van der Waals surface area contributed by atoms with Crippen LogP contribution >= 0.6 is 0 Å². The summed E-state index contributed by atoms with van der Waals surface area (Å²) in [6, 6.07) is 1.89. The summed E-state index contributed by atoms with van der Waals surface area (Å²) in [4.78, 5) is 4.22. The molecule has 0 aliphatic carbocycles. The van der Waals surface area contributed by atoms with Gasteiger partial charge >= 0.3 is 0 Å². The van der Waals surface area contributed by atoms with Gasteiger partial charge in [-0.3, -0.25) is 0 Å². The normalized spacial score (nSPS) is 11.1. The maximum Gasteiger partial charge on any atom is 0.123 e. The van der Waals surface area contributed by atoms with Gasteiger partial charge in [-0.15, -0.1) is 0 Å². The number of nitrogens with two attached hydrogens (primary N) is 1. The minimum absolute atomic E-state index is 0.589. The van der Waals surface area contributed by atoms with E-state index < -0.39 is 0 Å². The Hall–Kier alpha value is -1.35. The molecule has 0 saturated carbocycles. The lowest BCUT2D eigenvalue weighted by Gasteiger charge is -2.05. The van der Waals surface area contributed by atoms with Gasteiger partial charge < -0.3 is 11.1 Å². The van der Waals surface area contributed by atoms with Crippen molar-refractivity contribution in [3.05, 3.63) is 29.0 Å². The van der Waals surface area contributed by atoms with Crippen molar-refractivity contribution in [3.8, 4) is 0 Å². The quantitative estimate of drug-likeness (QED) is 0.761. The Morgan fingerprint density at radius 3 is 2.79 bits per heavy atom. The maximum atomic E-state index is 5.64. The first-order valence-electron chi connectivity index (χ1n) is 4.70. The predicted octanol–water partition coefficient (Wildman–Crippen LogP) is 1.51. The van der Waals surface area contributed by atoms with Gasteiger partial charge in [0.05, 0.1) is 0 Å². The van der Waals surface area contributed by atoms with Crippen LogP contribution in [0.4, 0.5) is 5.82 Å². The molecule has 1 aromatic heterocycles. The first kappa shape index (κ1) is 10.7. The number of rotatable bonds is 3. The van der Waals surface area contributed by atoms with E-state index in [4.69, 9.17) is 5.73 Å². The fourth-order valence-electron chi connectivity index (χ4n) is 1.42. The molecule has 0 aromatic carbocycles. The standard InChI is InChI=1S/C11H17N3/c1-8-7-11(12)14-9(2)10(8)5-4-6-13-3/h4-5,7,13H,6H2,1-3H3,(H2,12,14). The smallest absolute Gasteiger partial charge is 0.123 e. The van der Waals surface area contributed by atoms with Crippen LogP contribution in [0.2, 0.25) is 0 Å². The lowest BCUT2D eigenvalue weighted by molar-refractivity contribution is 0.922. The van der Waals surface area contributed by atoms with E-state index in [1.807, 2.05) is 27.0 Å². The molecule has 1 heterocycles. The second-order valence-corrected chi connectivity index (χ2v) is 3.32. The molecular weight excluding hydrogens is 174 g/mol. The van der Waals surface area contributed by atoms with Gasteiger partial charge in [-0.25, -0.2) is 4.98 Å². The second-order valence-electron chi connectivity index (χ2n) is 3.32. The van der Waals surface area contributed by atoms with Crippen LogP contribution in [0.25, 0.3) is 6.08 Å². The van der Waals surface area contributed by atoms with Crippen LogP contribution in [0.5, 0.6) is 0 Å². The molecule has 0 radical (unpaired) electrons. The highest BCUT2D eigenvalue weighted by atomic mass is 14.8. The first-order chi connectivity index (χ1) is 6.65. The van der Waals surface area contributed by atoms with Crippen LogP contribution in [0.3, 0.4) is 0 Å². The van der Waals surface area contributed by atoms with Crippen LogP contribution in [0, 0.1) is 13.8 Å². The summed E-state index contributed by atoms with van der Waals surface area (Å²) in [6.07, 6.45) is 4.15. The number of pyridine rings is 1. The fraction of sp³-hybridized carbons (Fsp3) is 0.364. The zero-order valence-corrected chi connectivity index (χ0v) is 8.96. The number of hydrogen-bond acceptors (Lipinski definition) is 3. The van der Waals surface area contributed by atoms with E-state index in [2.05, 4.69) is 22.5 Å². The zero-order chi connectivity index (χ0) is 10.6. The Kier molecular flexibility index (Phi) is 3.65. The topological polar surface area (TPSA) is 50.9 Å². The second kappa shape index (κ2) is 4.77. The van der Waals surface area contributed by atoms with Gasteiger partial charge in [0.25, 0.3) is 0 Å². The summed E-state index contributed by atoms with van der Waals surface area (Å²) in [5.74, 6) is 0.589. The SMILES string of the molecule is CNCC=Cc1c(C)cc(N)nc1C. The average molecular weight is 191 g/mol. The average Bonchev–Trinajstić information content (AvgIpc) is 2.09. The predicted molar refractivity (Wildman–Crippen MR) is 61.1 cm³/mol. The van der Waals surface area contributed by atoms with E-state index in [0.717, 1.165) is 17.8 Å². The van der Waals surface area contributed by atoms with Crippen LogP contribution < -0.4 is 11.1 Å². The molecule has 0 amide bonds. The van der Waals surface area contributed by atoms with Gasteiger partial charge in [0, 0.05) is 12.2 Å². The Labute approximate surface area is 85.0 Å². The highest BCUT2D eigenvalue weighted by molar-refractivity contribution is 5.58. The highest BCUT2D eigenvalue weighted by Gasteiger charge is 2.01. The first-order valence-corrected chi connectivity index (χ1v) is 4.70. The number of nitrogens with one attached hydrogen (secondary N) is 1. The van der Waals surface area contributed by atoms with Crippen molar-refractivity contribution in [1.82, 2.24) is 10.3 Å². The van der Waals surface area contributed by atoms with Gasteiger partial charge in [0.2, 0.25) is 0 Å². The molecule has 0 fully saturated rings. The molecule has 0 unspecified atom stereocenters. The Balaban J connectivity index is 2.96. The molecule has 1 aromatic rings. The van der Waals surface area contributed by atoms with Gasteiger partial charge in [0.15, 0.2) is 0 Å². The van der Waals surface area contributed by atoms with Crippen molar-refractivity contribution in [2.75, 3.05) is 19.3 Å². The van der Waals surface area contributed by atoms with E-state index >= 15 is 0 Å². The summed E-state index contributed by atoms with van der Waals surface area (Å²) in [7, 11) is 1.92. The number of hydrogen-bond donors (Lipinski definition) is 2. The van der Waals surface area contributed by atoms with Crippen molar-refractivity contribution in [2.45, 2.75) is 13.8 Å². The number of aromatic nitrogens is 1. The molecule has 3 heteroatoms. The molecule has 3 N–H and O–H groups in total. The van der Waals surface area contributed by atoms with Crippen molar-refractivity contribution in [3.63, 3.8) is 0 Å². The van der Waals surface area contributed by atoms with E-state index in [1.165, 1.54) is 5.56 Å². The summed E-state index contributed by atoms with van der Waals surface area (Å²) >= 11 is 0. The molecular formula is C11H17N3. The van der Waals surface area contributed by atoms with Gasteiger partial charge in [-0.2, -0.15) is 0 Å². The van der Waals surface area contributed by atoms with E-state index in [1.54, 1.807) is 0 Å². The van der Waals surface area contributed by atoms with Crippen LogP contribution in [-0.2, 0) is 0 Å². The number of aryl methyl sites for hydroxylation is 2. The Bertz CT molecular complexity index is 319. The van der Waals surface area contributed by atoms with Crippen molar-refractivity contribution in [2.24, 2.45) is 0 Å². The van der Waals surface area contributed by atoms with Gasteiger partial charge in [0.1, 0.15) is 5.82 Å². The molecule has 0 atom stereocenters. The monoisotopic (exact) mass is 191 g/mol. The molecule has 0 spiro atoms. The summed E-state index contributed by atoms with van der Waals surface area (Å²) in [5, 5.41) is 3.06. The van der Waals surface area contributed by atoms with Crippen molar-refractivity contribution in [1.29, 1.82) is 0 Å². The molecule has 0 bridgehead atoms. The largest absolute Gasteiger partial charge is 0.384 e. The van der Waals surface area contributed by atoms with E-state index in [9.17, 15) is 0 Å². The zero-order valence-electron chi connectivity index (χ0n) is 8.96. The Morgan fingerprint density at radius 2 is 2.21 bits per heavy atom. The maximum absolute atomic E-state index is 5.64. The minimum Gasteiger partial charge on any atom is -0.384 e. The minimum atomic E-state index is 0.589. The van der Waals surface area contributed by atoms with Crippen LogP contribution in [-0.4, -0.2) is 18.6 Å². The fourth-order valence-corrected chi connectivity index (χ4v) is 1.42. The van der Waals surface area contributed by atoms with Crippen molar-refractivity contribution >= 4 is 11.9 Å². The molecule has 0 saturated heterocycles. The lowest BCUT2D eigenvalue weighted by Crippen LogP contribution is -2.04. The molecule has 1 rings (SSSR count). The molecule has 0 aliphatic rings. The number of nitrogen functional groups attached to an aromatic ring is 1. The molecule has 76 valence electrons. The summed E-state index contributed by atoms with van der Waals surface area (Å²) < 4.78 is 0. The lowest BCUT2D eigenvalue weighted by atomic mass is 10.1. The number of likely N-dealkylation sites (N-methyl/N-ethyl adjacent to an activating group) is 1. The van der Waals surface area contributed by atoms with E-state index in [-0.39, 0.29) is 0 Å². The third-order valence-corrected chi connectivity index (χ3v) is 2.08. The van der Waals surface area contributed by atoms with Crippen LogP contribution in [0.15, 0.2) is 12.1 Å².